The van der Waals surface area contributed by atoms with Crippen molar-refractivity contribution in [2.24, 2.45) is 0 Å². The number of hydrogen-bond donors (Lipinski definition) is 1. The summed E-state index contributed by atoms with van der Waals surface area (Å²) in [4.78, 5) is 28.8. The van der Waals surface area contributed by atoms with Crippen molar-refractivity contribution in [1.82, 2.24) is 10.3 Å². The van der Waals surface area contributed by atoms with Crippen LogP contribution in [0.5, 0.6) is 0 Å². The van der Waals surface area contributed by atoms with E-state index in [0.29, 0.717) is 27.2 Å². The molecule has 0 aliphatic carbocycles. The van der Waals surface area contributed by atoms with E-state index in [-0.39, 0.29) is 19.1 Å². The highest BCUT2D eigenvalue weighted by Gasteiger charge is 2.15. The van der Waals surface area contributed by atoms with Gasteiger partial charge in [-0.15, -0.1) is 0 Å². The molecule has 26 heavy (non-hydrogen) atoms. The number of fused-ring (bicyclic) bond motifs is 1. The van der Waals surface area contributed by atoms with Gasteiger partial charge in [0.15, 0.2) is 0 Å². The molecule has 132 valence electrons. The number of hydrogen-bond acceptors (Lipinski definition) is 4. The molecule has 0 unspecified atom stereocenters. The van der Waals surface area contributed by atoms with Gasteiger partial charge in [0.25, 0.3) is 5.91 Å². The van der Waals surface area contributed by atoms with Crippen molar-refractivity contribution in [3.63, 3.8) is 0 Å². The molecule has 0 spiro atoms. The highest BCUT2D eigenvalue weighted by Crippen LogP contribution is 2.25. The van der Waals surface area contributed by atoms with Crippen LogP contribution in [0.15, 0.2) is 54.6 Å². The van der Waals surface area contributed by atoms with Crippen molar-refractivity contribution in [1.29, 1.82) is 0 Å². The molecule has 0 radical (unpaired) electrons. The number of nitrogens with one attached hydrogen (secondary N) is 1. The minimum absolute atomic E-state index is 0.181. The van der Waals surface area contributed by atoms with Gasteiger partial charge in [0.2, 0.25) is 0 Å². The van der Waals surface area contributed by atoms with Crippen LogP contribution in [-0.2, 0) is 9.53 Å². The average molecular weight is 369 g/mol. The average Bonchev–Trinajstić information content (AvgIpc) is 2.66. The van der Waals surface area contributed by atoms with E-state index in [0.717, 1.165) is 5.56 Å². The molecule has 3 aromatic rings. The molecule has 0 aliphatic rings. The van der Waals surface area contributed by atoms with Crippen LogP contribution in [-0.4, -0.2) is 30.0 Å². The summed E-state index contributed by atoms with van der Waals surface area (Å²) in [5, 5.41) is 3.94. The highest BCUT2D eigenvalue weighted by atomic mass is 35.5. The van der Waals surface area contributed by atoms with Crippen molar-refractivity contribution in [3.8, 4) is 11.3 Å². The molecule has 5 nitrogen and oxygen atoms in total. The van der Waals surface area contributed by atoms with E-state index in [2.05, 4.69) is 10.3 Å². The summed E-state index contributed by atoms with van der Waals surface area (Å²) >= 11 is 5.94. The normalized spacial score (nSPS) is 10.5. The molecule has 0 aliphatic heterocycles. The Labute approximate surface area is 156 Å². The van der Waals surface area contributed by atoms with E-state index >= 15 is 0 Å². The van der Waals surface area contributed by atoms with Gasteiger partial charge >= 0.3 is 5.97 Å². The van der Waals surface area contributed by atoms with Gasteiger partial charge in [-0.2, -0.15) is 0 Å². The Balaban J connectivity index is 1.98. The number of carbonyl (C=O) groups excluding carboxylic acids is 2. The number of esters is 1. The van der Waals surface area contributed by atoms with Gasteiger partial charge in [0.05, 0.1) is 23.4 Å². The number of benzene rings is 2. The molecule has 1 N–H and O–H groups in total. The zero-order chi connectivity index (χ0) is 18.5. The fourth-order valence-corrected chi connectivity index (χ4v) is 2.72. The second kappa shape index (κ2) is 7.97. The summed E-state index contributed by atoms with van der Waals surface area (Å²) in [6, 6.07) is 16.3. The van der Waals surface area contributed by atoms with Crippen molar-refractivity contribution >= 4 is 34.4 Å². The number of para-hydroxylation sites is 1. The molecule has 0 fully saturated rings. The Morgan fingerprint density at radius 1 is 1.12 bits per heavy atom. The minimum atomic E-state index is -0.475. The minimum Gasteiger partial charge on any atom is -0.465 e. The second-order valence-electron chi connectivity index (χ2n) is 5.57. The lowest BCUT2D eigenvalue weighted by atomic mass is 10.0. The topological polar surface area (TPSA) is 68.3 Å². The standard InChI is InChI=1S/C20H17ClN2O3/c1-2-26-19(24)12-22-20(25)16-11-18(13-7-9-14(21)10-8-13)23-17-6-4-3-5-15(16)17/h3-11H,2,12H2,1H3,(H,22,25). The fraction of sp³-hybridized carbons (Fsp3) is 0.150. The van der Waals surface area contributed by atoms with Crippen LogP contribution in [0.2, 0.25) is 5.02 Å². The summed E-state index contributed by atoms with van der Waals surface area (Å²) in [6.07, 6.45) is 0. The molecular weight excluding hydrogens is 352 g/mol. The number of nitrogens with zero attached hydrogens (tertiary/aromatic N) is 1. The van der Waals surface area contributed by atoms with Crippen LogP contribution >= 0.6 is 11.6 Å². The number of aromatic nitrogens is 1. The quantitative estimate of drug-likeness (QED) is 0.694. The zero-order valence-corrected chi connectivity index (χ0v) is 14.9. The van der Waals surface area contributed by atoms with Gasteiger partial charge in [0.1, 0.15) is 6.54 Å². The SMILES string of the molecule is CCOC(=O)CNC(=O)c1cc(-c2ccc(Cl)cc2)nc2ccccc12. The molecule has 0 saturated carbocycles. The summed E-state index contributed by atoms with van der Waals surface area (Å²) in [5.41, 5.74) is 2.65. The first-order valence-corrected chi connectivity index (χ1v) is 8.56. The molecule has 1 heterocycles. The van der Waals surface area contributed by atoms with Gasteiger partial charge in [-0.3, -0.25) is 9.59 Å². The molecule has 0 saturated heterocycles. The Hall–Kier alpha value is -2.92. The summed E-state index contributed by atoms with van der Waals surface area (Å²) in [5.74, 6) is -0.830. The second-order valence-corrected chi connectivity index (χ2v) is 6.00. The van der Waals surface area contributed by atoms with E-state index in [1.165, 1.54) is 0 Å². The largest absolute Gasteiger partial charge is 0.465 e. The molecule has 1 amide bonds. The predicted molar refractivity (Wildman–Crippen MR) is 101 cm³/mol. The molecule has 1 aromatic heterocycles. The number of halogens is 1. The van der Waals surface area contributed by atoms with E-state index in [1.54, 1.807) is 25.1 Å². The van der Waals surface area contributed by atoms with Crippen molar-refractivity contribution in [3.05, 3.63) is 65.2 Å². The maximum absolute atomic E-state index is 12.6. The van der Waals surface area contributed by atoms with E-state index < -0.39 is 5.97 Å². The first kappa shape index (κ1) is 17.9. The van der Waals surface area contributed by atoms with Crippen molar-refractivity contribution < 1.29 is 14.3 Å². The predicted octanol–water partition coefficient (Wildman–Crippen LogP) is 3.85. The van der Waals surface area contributed by atoms with E-state index in [9.17, 15) is 9.59 Å². The smallest absolute Gasteiger partial charge is 0.325 e. The van der Waals surface area contributed by atoms with Crippen LogP contribution in [0.4, 0.5) is 0 Å². The molecule has 0 atom stereocenters. The number of rotatable bonds is 5. The van der Waals surface area contributed by atoms with Gasteiger partial charge < -0.3 is 10.1 Å². The third-order valence-electron chi connectivity index (χ3n) is 3.80. The van der Waals surface area contributed by atoms with Crippen molar-refractivity contribution in [2.75, 3.05) is 13.2 Å². The van der Waals surface area contributed by atoms with Gasteiger partial charge in [-0.05, 0) is 31.2 Å². The monoisotopic (exact) mass is 368 g/mol. The molecule has 2 aromatic carbocycles. The summed E-state index contributed by atoms with van der Waals surface area (Å²) in [6.45, 7) is 1.81. The first-order valence-electron chi connectivity index (χ1n) is 8.18. The van der Waals surface area contributed by atoms with E-state index in [4.69, 9.17) is 16.3 Å². The highest BCUT2D eigenvalue weighted by molar-refractivity contribution is 6.30. The first-order chi connectivity index (χ1) is 12.6. The van der Waals surface area contributed by atoms with Crippen LogP contribution < -0.4 is 5.32 Å². The van der Waals surface area contributed by atoms with Crippen molar-refractivity contribution in [2.45, 2.75) is 6.92 Å². The number of ether oxygens (including phenoxy) is 1. The number of amides is 1. The summed E-state index contributed by atoms with van der Waals surface area (Å²) in [7, 11) is 0. The molecule has 6 heteroatoms. The Morgan fingerprint density at radius 3 is 2.58 bits per heavy atom. The number of pyridine rings is 1. The third kappa shape index (κ3) is 4.00. The van der Waals surface area contributed by atoms with Gasteiger partial charge in [0, 0.05) is 16.0 Å². The molecule has 3 rings (SSSR count). The maximum atomic E-state index is 12.6. The molecule has 0 bridgehead atoms. The van der Waals surface area contributed by atoms with Crippen LogP contribution in [0.25, 0.3) is 22.2 Å². The lowest BCUT2D eigenvalue weighted by molar-refractivity contribution is -0.141. The van der Waals surface area contributed by atoms with Gasteiger partial charge in [-0.1, -0.05) is 41.9 Å². The van der Waals surface area contributed by atoms with Crippen LogP contribution in [0.1, 0.15) is 17.3 Å². The lowest BCUT2D eigenvalue weighted by Gasteiger charge is -2.10. The van der Waals surface area contributed by atoms with Crippen LogP contribution in [0, 0.1) is 0 Å². The lowest BCUT2D eigenvalue weighted by Crippen LogP contribution is -2.30. The number of carbonyl (C=O) groups is 2. The Morgan fingerprint density at radius 2 is 1.85 bits per heavy atom. The van der Waals surface area contributed by atoms with Crippen LogP contribution in [0.3, 0.4) is 0 Å². The Kier molecular flexibility index (Phi) is 5.49. The fourth-order valence-electron chi connectivity index (χ4n) is 2.59. The van der Waals surface area contributed by atoms with E-state index in [1.807, 2.05) is 36.4 Å². The molecular formula is C20H17ClN2O3. The third-order valence-corrected chi connectivity index (χ3v) is 4.05. The van der Waals surface area contributed by atoms with Gasteiger partial charge in [-0.25, -0.2) is 4.98 Å². The Bertz CT molecular complexity index is 955. The zero-order valence-electron chi connectivity index (χ0n) is 14.2. The maximum Gasteiger partial charge on any atom is 0.325 e. The summed E-state index contributed by atoms with van der Waals surface area (Å²) < 4.78 is 4.84.